The number of fused-ring (bicyclic) bond motifs is 1. The molecule has 4 N–H and O–H groups in total. The van der Waals surface area contributed by atoms with Crippen LogP contribution in [0.15, 0.2) is 42.9 Å². The van der Waals surface area contributed by atoms with Gasteiger partial charge in [-0.25, -0.2) is 23.4 Å². The van der Waals surface area contributed by atoms with E-state index in [1.54, 1.807) is 30.3 Å². The fraction of sp³-hybridized carbons (Fsp3) is 0.538. The van der Waals surface area contributed by atoms with Crippen LogP contribution in [0, 0.1) is 5.92 Å². The summed E-state index contributed by atoms with van der Waals surface area (Å²) >= 11 is 0. The van der Waals surface area contributed by atoms with Gasteiger partial charge in [-0.3, -0.25) is 9.32 Å². The summed E-state index contributed by atoms with van der Waals surface area (Å²) < 4.78 is 53.5. The van der Waals surface area contributed by atoms with E-state index in [-0.39, 0.29) is 35.4 Å². The maximum absolute atomic E-state index is 15.9. The van der Waals surface area contributed by atoms with Crippen molar-refractivity contribution in [3.8, 4) is 5.75 Å². The summed E-state index contributed by atoms with van der Waals surface area (Å²) in [7, 11) is -4.28. The molecule has 0 aliphatic carbocycles. The summed E-state index contributed by atoms with van der Waals surface area (Å²) in [6, 6.07) is 7.12. The SMILES string of the molecule is CCC(CC)COC(=O)[C@H](C)NP(=O)(OC[C@H]1O[C@@H](c2cnc3c(N)ncnn23)[C@](C)(F)[C@@H]1O)Oc1ccccc1. The molecule has 1 unspecified atom stereocenters. The smallest absolute Gasteiger partial charge is 0.459 e. The number of nitrogen functional groups attached to an aromatic ring is 1. The Morgan fingerprint density at radius 3 is 2.68 bits per heavy atom. The van der Waals surface area contributed by atoms with Crippen molar-refractivity contribution in [3.05, 3.63) is 48.5 Å². The van der Waals surface area contributed by atoms with Gasteiger partial charge in [-0.1, -0.05) is 44.9 Å². The standard InChI is InChI=1S/C26H36FN6O7P/c1-5-17(6-2)13-37-25(35)16(3)32-41(36,40-18-10-8-7-9-11-18)38-14-20-21(34)26(4,27)22(39-20)19-12-29-24-23(28)30-15-31-33(19)24/h7-12,15-17,20-22,34H,5-6,13-14H2,1-4H3,(H,32,36)(H2,28,30,31)/t16-,20+,21+,22-,26+,41?/m0/s1. The summed E-state index contributed by atoms with van der Waals surface area (Å²) in [5, 5.41) is 17.5. The molecular formula is C26H36FN6O7P. The van der Waals surface area contributed by atoms with Crippen LogP contribution in [0.2, 0.25) is 0 Å². The predicted molar refractivity (Wildman–Crippen MR) is 147 cm³/mol. The van der Waals surface area contributed by atoms with Crippen molar-refractivity contribution >= 4 is 25.2 Å². The Bertz CT molecular complexity index is 1370. The molecule has 4 rings (SSSR count). The number of aromatic nitrogens is 4. The number of esters is 1. The molecule has 6 atom stereocenters. The number of rotatable bonds is 13. The van der Waals surface area contributed by atoms with E-state index in [1.165, 1.54) is 30.9 Å². The van der Waals surface area contributed by atoms with Crippen molar-refractivity contribution in [2.75, 3.05) is 18.9 Å². The first-order valence-corrected chi connectivity index (χ1v) is 14.9. The predicted octanol–water partition coefficient (Wildman–Crippen LogP) is 3.40. The third kappa shape index (κ3) is 6.84. The lowest BCUT2D eigenvalue weighted by Crippen LogP contribution is -2.40. The van der Waals surface area contributed by atoms with Gasteiger partial charge in [-0.15, -0.1) is 0 Å². The fourth-order valence-electron chi connectivity index (χ4n) is 4.44. The van der Waals surface area contributed by atoms with Gasteiger partial charge in [0.2, 0.25) is 0 Å². The number of aliphatic hydroxyl groups excluding tert-OH is 1. The molecule has 0 radical (unpaired) electrons. The largest absolute Gasteiger partial charge is 0.464 e. The number of nitrogens with one attached hydrogen (secondary N) is 1. The van der Waals surface area contributed by atoms with Gasteiger partial charge < -0.3 is 24.8 Å². The minimum Gasteiger partial charge on any atom is -0.464 e. The van der Waals surface area contributed by atoms with Gasteiger partial charge in [-0.05, 0) is 31.9 Å². The molecule has 0 saturated carbocycles. The zero-order chi connectivity index (χ0) is 29.8. The lowest BCUT2D eigenvalue weighted by Gasteiger charge is -2.25. The second-order valence-corrected chi connectivity index (χ2v) is 11.8. The number of benzene rings is 1. The second kappa shape index (κ2) is 12.8. The number of halogens is 1. The van der Waals surface area contributed by atoms with Crippen LogP contribution >= 0.6 is 7.75 Å². The highest BCUT2D eigenvalue weighted by atomic mass is 31.2. The van der Waals surface area contributed by atoms with Crippen molar-refractivity contribution in [2.45, 2.75) is 70.6 Å². The highest BCUT2D eigenvalue weighted by Gasteiger charge is 2.56. The molecule has 1 aliphatic heterocycles. The van der Waals surface area contributed by atoms with E-state index >= 15 is 4.39 Å². The van der Waals surface area contributed by atoms with Crippen molar-refractivity contribution < 1.29 is 37.4 Å². The molecule has 0 amide bonds. The number of hydrogen-bond acceptors (Lipinski definition) is 11. The van der Waals surface area contributed by atoms with Gasteiger partial charge in [0.25, 0.3) is 0 Å². The van der Waals surface area contributed by atoms with Crippen molar-refractivity contribution in [2.24, 2.45) is 5.92 Å². The molecule has 224 valence electrons. The fourth-order valence-corrected chi connectivity index (χ4v) is 5.94. The molecule has 3 aromatic rings. The summed E-state index contributed by atoms with van der Waals surface area (Å²) in [6.07, 6.45) is -0.0727. The number of alkyl halides is 1. The van der Waals surface area contributed by atoms with E-state index in [2.05, 4.69) is 20.2 Å². The lowest BCUT2D eigenvalue weighted by molar-refractivity contribution is -0.146. The van der Waals surface area contributed by atoms with Crippen molar-refractivity contribution in [1.82, 2.24) is 24.7 Å². The molecule has 0 spiro atoms. The van der Waals surface area contributed by atoms with Crippen LogP contribution in [-0.4, -0.2) is 67.8 Å². The Kier molecular flexibility index (Phi) is 9.60. The van der Waals surface area contributed by atoms with Crippen molar-refractivity contribution in [1.29, 1.82) is 0 Å². The quantitative estimate of drug-likeness (QED) is 0.195. The summed E-state index contributed by atoms with van der Waals surface area (Å²) in [4.78, 5) is 20.6. The number of imidazole rings is 1. The molecule has 41 heavy (non-hydrogen) atoms. The second-order valence-electron chi connectivity index (χ2n) is 10.1. The minimum atomic E-state index is -4.28. The number of ether oxygens (including phenoxy) is 2. The molecule has 2 aromatic heterocycles. The van der Waals surface area contributed by atoms with Gasteiger partial charge in [0.1, 0.15) is 36.4 Å². The van der Waals surface area contributed by atoms with Gasteiger partial charge in [0.15, 0.2) is 17.1 Å². The molecule has 1 fully saturated rings. The molecule has 3 heterocycles. The molecule has 1 aromatic carbocycles. The third-order valence-corrected chi connectivity index (χ3v) is 8.72. The summed E-state index contributed by atoms with van der Waals surface area (Å²) in [5.41, 5.74) is 3.91. The first kappa shape index (κ1) is 30.8. The first-order chi connectivity index (χ1) is 19.5. The average molecular weight is 595 g/mol. The van der Waals surface area contributed by atoms with Crippen LogP contribution in [0.3, 0.4) is 0 Å². The van der Waals surface area contributed by atoms with Gasteiger partial charge >= 0.3 is 13.7 Å². The number of carbonyl (C=O) groups excluding carboxylic acids is 1. The lowest BCUT2D eigenvalue weighted by atomic mass is 9.93. The van der Waals surface area contributed by atoms with E-state index in [0.717, 1.165) is 12.8 Å². The van der Waals surface area contributed by atoms with Crippen LogP contribution in [0.5, 0.6) is 5.75 Å². The van der Waals surface area contributed by atoms with Gasteiger partial charge in [-0.2, -0.15) is 10.2 Å². The zero-order valence-electron chi connectivity index (χ0n) is 23.3. The van der Waals surface area contributed by atoms with Gasteiger partial charge in [0, 0.05) is 0 Å². The van der Waals surface area contributed by atoms with Crippen LogP contribution in [-0.2, 0) is 23.4 Å². The molecule has 1 aliphatic rings. The van der Waals surface area contributed by atoms with E-state index in [1.807, 2.05) is 13.8 Å². The normalized spacial score (nSPS) is 24.8. The van der Waals surface area contributed by atoms with Crippen molar-refractivity contribution in [3.63, 3.8) is 0 Å². The topological polar surface area (TPSA) is 172 Å². The highest BCUT2D eigenvalue weighted by Crippen LogP contribution is 2.48. The number of carbonyl (C=O) groups is 1. The molecule has 1 saturated heterocycles. The monoisotopic (exact) mass is 594 g/mol. The Balaban J connectivity index is 1.50. The Morgan fingerprint density at radius 2 is 2.00 bits per heavy atom. The van der Waals surface area contributed by atoms with E-state index in [4.69, 9.17) is 24.3 Å². The molecule has 0 bridgehead atoms. The van der Waals surface area contributed by atoms with Crippen LogP contribution in [0.4, 0.5) is 10.2 Å². The number of anilines is 1. The van der Waals surface area contributed by atoms with Crippen LogP contribution in [0.1, 0.15) is 52.3 Å². The summed E-state index contributed by atoms with van der Waals surface area (Å²) in [5.74, 6) is -0.151. The van der Waals surface area contributed by atoms with E-state index < -0.39 is 50.3 Å². The number of nitrogens with two attached hydrogens (primary N) is 1. The molecule has 15 heteroatoms. The minimum absolute atomic E-state index is 0.0860. The first-order valence-electron chi connectivity index (χ1n) is 13.4. The summed E-state index contributed by atoms with van der Waals surface area (Å²) in [6.45, 7) is 6.32. The zero-order valence-corrected chi connectivity index (χ0v) is 24.2. The number of hydrogen-bond donors (Lipinski definition) is 3. The van der Waals surface area contributed by atoms with Crippen LogP contribution < -0.4 is 15.3 Å². The van der Waals surface area contributed by atoms with E-state index in [0.29, 0.717) is 0 Å². The average Bonchev–Trinajstić information content (AvgIpc) is 3.47. The molecular weight excluding hydrogens is 558 g/mol. The Labute approximate surface area is 237 Å². The third-order valence-electron chi connectivity index (χ3n) is 7.08. The Morgan fingerprint density at radius 1 is 1.29 bits per heavy atom. The van der Waals surface area contributed by atoms with E-state index in [9.17, 15) is 14.5 Å². The molecule has 13 nitrogen and oxygen atoms in total. The number of para-hydroxylation sites is 1. The Hall–Kier alpha value is -3.16. The maximum Gasteiger partial charge on any atom is 0.459 e. The highest BCUT2D eigenvalue weighted by molar-refractivity contribution is 7.52. The number of nitrogens with zero attached hydrogens (tertiary/aromatic N) is 4. The van der Waals surface area contributed by atoms with Gasteiger partial charge in [0.05, 0.1) is 25.1 Å². The van der Waals surface area contributed by atoms with Crippen LogP contribution in [0.25, 0.3) is 5.65 Å². The maximum atomic E-state index is 15.9. The number of aliphatic hydroxyl groups is 1.